The lowest BCUT2D eigenvalue weighted by Gasteiger charge is -2.34. The van der Waals surface area contributed by atoms with Crippen LogP contribution < -0.4 is 19.7 Å². The predicted molar refractivity (Wildman–Crippen MR) is 161 cm³/mol. The van der Waals surface area contributed by atoms with Gasteiger partial charge in [-0.05, 0) is 49.1 Å². The molecule has 0 unspecified atom stereocenters. The van der Waals surface area contributed by atoms with Gasteiger partial charge in [-0.3, -0.25) is 24.6 Å². The van der Waals surface area contributed by atoms with Gasteiger partial charge in [0.15, 0.2) is 5.78 Å². The minimum absolute atomic E-state index is 0.0216. The van der Waals surface area contributed by atoms with E-state index < -0.39 is 11.4 Å². The molecular weight excluding hydrogens is 552 g/mol. The van der Waals surface area contributed by atoms with Crippen LogP contribution in [0.2, 0.25) is 0 Å². The van der Waals surface area contributed by atoms with Gasteiger partial charge in [-0.1, -0.05) is 20.8 Å². The summed E-state index contributed by atoms with van der Waals surface area (Å²) in [5.41, 5.74) is 2.96. The Balaban J connectivity index is 1.63. The average molecular weight is 593 g/mol. The minimum Gasteiger partial charge on any atom is -0.493 e. The van der Waals surface area contributed by atoms with Gasteiger partial charge >= 0.3 is 5.97 Å². The molecule has 11 nitrogen and oxygen atoms in total. The van der Waals surface area contributed by atoms with Crippen LogP contribution in [0.4, 0.5) is 5.69 Å². The molecule has 0 radical (unpaired) electrons. The van der Waals surface area contributed by atoms with Gasteiger partial charge in [0.25, 0.3) is 5.91 Å². The molecular formula is C32H40N4O7. The molecule has 0 aromatic heterocycles. The molecule has 2 N–H and O–H groups in total. The summed E-state index contributed by atoms with van der Waals surface area (Å²) in [7, 11) is 1.53. The van der Waals surface area contributed by atoms with Gasteiger partial charge in [0, 0.05) is 36.7 Å². The van der Waals surface area contributed by atoms with Gasteiger partial charge < -0.3 is 29.3 Å². The smallest absolute Gasteiger partial charge is 0.306 e. The number of hydrogen-bond donors (Lipinski definition) is 2. The molecule has 0 fully saturated rings. The highest BCUT2D eigenvalue weighted by Gasteiger charge is 2.33. The Labute approximate surface area is 252 Å². The molecule has 0 bridgehead atoms. The number of carbonyl (C=O) groups excluding carboxylic acids is 4. The molecule has 11 heteroatoms. The van der Waals surface area contributed by atoms with Gasteiger partial charge in [0.2, 0.25) is 5.91 Å². The number of ketones is 1. The van der Waals surface area contributed by atoms with E-state index in [9.17, 15) is 19.2 Å². The Hall–Kier alpha value is -4.41. The minimum atomic E-state index is -0.437. The van der Waals surface area contributed by atoms with E-state index in [0.29, 0.717) is 53.6 Å². The number of ether oxygens (including phenoxy) is 3. The second-order valence-electron chi connectivity index (χ2n) is 11.5. The number of amides is 2. The molecule has 4 rings (SSSR count). The first-order chi connectivity index (χ1) is 20.4. The van der Waals surface area contributed by atoms with Gasteiger partial charge in [-0.25, -0.2) is 0 Å². The van der Waals surface area contributed by atoms with Gasteiger partial charge in [-0.15, -0.1) is 0 Å². The molecule has 0 aliphatic carbocycles. The fraction of sp³-hybridized carbons (Fsp3) is 0.469. The molecule has 0 spiro atoms. The molecule has 0 atom stereocenters. The number of hydrogen-bond acceptors (Lipinski definition) is 8. The van der Waals surface area contributed by atoms with E-state index in [1.165, 1.54) is 7.05 Å². The van der Waals surface area contributed by atoms with Crippen molar-refractivity contribution in [1.82, 2.24) is 10.2 Å². The maximum Gasteiger partial charge on any atom is 0.306 e. The van der Waals surface area contributed by atoms with Crippen LogP contribution in [0.15, 0.2) is 24.3 Å². The predicted octanol–water partition coefficient (Wildman–Crippen LogP) is 3.83. The van der Waals surface area contributed by atoms with Gasteiger partial charge in [-0.2, -0.15) is 0 Å². The Morgan fingerprint density at radius 3 is 2.44 bits per heavy atom. The van der Waals surface area contributed by atoms with Crippen LogP contribution in [0.1, 0.15) is 84.9 Å². The summed E-state index contributed by atoms with van der Waals surface area (Å²) in [6.45, 7) is 11.0. The van der Waals surface area contributed by atoms with E-state index >= 15 is 0 Å². The van der Waals surface area contributed by atoms with Crippen LogP contribution in [-0.2, 0) is 26.3 Å². The van der Waals surface area contributed by atoms with Crippen molar-refractivity contribution in [3.8, 4) is 11.5 Å². The highest BCUT2D eigenvalue weighted by atomic mass is 16.5. The fourth-order valence-corrected chi connectivity index (χ4v) is 5.29. The Morgan fingerprint density at radius 2 is 1.79 bits per heavy atom. The van der Waals surface area contributed by atoms with Crippen molar-refractivity contribution in [1.29, 1.82) is 5.41 Å². The van der Waals surface area contributed by atoms with Crippen LogP contribution in [0.3, 0.4) is 0 Å². The molecule has 2 aliphatic rings. The van der Waals surface area contributed by atoms with Crippen molar-refractivity contribution in [2.45, 2.75) is 59.4 Å². The normalized spacial score (nSPS) is 14.0. The lowest BCUT2D eigenvalue weighted by molar-refractivity contribution is -0.144. The van der Waals surface area contributed by atoms with Crippen LogP contribution in [-0.4, -0.2) is 74.3 Å². The molecule has 2 aromatic carbocycles. The number of Topliss-reactive ketones (excluding diaryl/α,β-unsaturated/α-hetero) is 1. The first-order valence-corrected chi connectivity index (χ1v) is 14.6. The van der Waals surface area contributed by atoms with Crippen molar-refractivity contribution in [3.63, 3.8) is 0 Å². The molecule has 2 aliphatic heterocycles. The summed E-state index contributed by atoms with van der Waals surface area (Å²) in [6, 6.07) is 6.87. The van der Waals surface area contributed by atoms with Crippen LogP contribution in [0.5, 0.6) is 11.5 Å². The highest BCUT2D eigenvalue weighted by Crippen LogP contribution is 2.42. The number of fused-ring (bicyclic) bond motifs is 2. The van der Waals surface area contributed by atoms with Crippen molar-refractivity contribution in [2.24, 2.45) is 0 Å². The summed E-state index contributed by atoms with van der Waals surface area (Å²) in [5, 5.41) is 11.4. The summed E-state index contributed by atoms with van der Waals surface area (Å²) < 4.78 is 16.7. The third kappa shape index (κ3) is 6.65. The first-order valence-electron chi connectivity index (χ1n) is 14.6. The van der Waals surface area contributed by atoms with Crippen LogP contribution in [0.25, 0.3) is 0 Å². The van der Waals surface area contributed by atoms with Crippen LogP contribution >= 0.6 is 0 Å². The lowest BCUT2D eigenvalue weighted by Crippen LogP contribution is -2.39. The fourth-order valence-electron chi connectivity index (χ4n) is 5.29. The number of amidine groups is 1. The molecule has 2 aromatic rings. The molecule has 43 heavy (non-hydrogen) atoms. The second-order valence-corrected chi connectivity index (χ2v) is 11.5. The zero-order chi connectivity index (χ0) is 31.5. The largest absolute Gasteiger partial charge is 0.493 e. The summed E-state index contributed by atoms with van der Waals surface area (Å²) in [6.07, 6.45) is -0.0549. The van der Waals surface area contributed by atoms with Crippen LogP contribution in [0, 0.1) is 5.41 Å². The monoisotopic (exact) mass is 592 g/mol. The average Bonchev–Trinajstić information content (AvgIpc) is 3.27. The zero-order valence-electron chi connectivity index (χ0n) is 25.7. The number of esters is 1. The third-order valence-corrected chi connectivity index (χ3v) is 7.44. The number of benzene rings is 2. The second kappa shape index (κ2) is 12.8. The molecule has 2 amide bonds. The number of carbonyl (C=O) groups is 4. The Morgan fingerprint density at radius 1 is 1.05 bits per heavy atom. The van der Waals surface area contributed by atoms with Crippen molar-refractivity contribution < 1.29 is 33.4 Å². The number of nitrogens with one attached hydrogen (secondary N) is 2. The quantitative estimate of drug-likeness (QED) is 0.314. The standard InChI is InChI=1S/C32H40N4O7/c1-7-41-26-15-20-17-35(30(33)21(20)16-22(26)31(40)34-6)18-25(37)19-13-23(32(3,4)5)29-24(14-19)36(11-12-43-29)27(38)9-10-28(39)42-8-2/h13-16,33H,7-12,17-18H2,1-6H3,(H,34,40). The van der Waals surface area contributed by atoms with E-state index in [0.717, 1.165) is 11.1 Å². The summed E-state index contributed by atoms with van der Waals surface area (Å²) >= 11 is 0. The Bertz CT molecular complexity index is 1460. The molecule has 230 valence electrons. The van der Waals surface area contributed by atoms with E-state index in [2.05, 4.69) is 5.32 Å². The number of nitrogens with zero attached hydrogens (tertiary/aromatic N) is 2. The van der Waals surface area contributed by atoms with Gasteiger partial charge in [0.1, 0.15) is 23.9 Å². The lowest BCUT2D eigenvalue weighted by atomic mass is 9.84. The first kappa shape index (κ1) is 31.5. The SMILES string of the molecule is CCOC(=O)CCC(=O)N1CCOc2c1cc(C(=O)CN1Cc3cc(OCC)c(C(=O)NC)cc3C1=N)cc2C(C)(C)C. The van der Waals surface area contributed by atoms with E-state index in [-0.39, 0.29) is 56.0 Å². The molecule has 0 saturated heterocycles. The van der Waals surface area contributed by atoms with Crippen molar-refractivity contribution >= 4 is 35.1 Å². The van der Waals surface area contributed by atoms with Crippen molar-refractivity contribution in [3.05, 3.63) is 52.1 Å². The van der Waals surface area contributed by atoms with Gasteiger partial charge in [0.05, 0.1) is 44.0 Å². The third-order valence-electron chi connectivity index (χ3n) is 7.44. The number of rotatable bonds is 10. The topological polar surface area (TPSA) is 138 Å². The van der Waals surface area contributed by atoms with E-state index in [4.69, 9.17) is 19.6 Å². The Kier molecular flexibility index (Phi) is 9.42. The summed E-state index contributed by atoms with van der Waals surface area (Å²) in [5.74, 6) is -0.119. The summed E-state index contributed by atoms with van der Waals surface area (Å²) in [4.78, 5) is 54.6. The maximum atomic E-state index is 13.8. The molecule has 0 saturated carbocycles. The zero-order valence-corrected chi connectivity index (χ0v) is 25.7. The molecule has 2 heterocycles. The van der Waals surface area contributed by atoms with Crippen molar-refractivity contribution in [2.75, 3.05) is 44.9 Å². The van der Waals surface area contributed by atoms with E-state index in [1.807, 2.05) is 27.7 Å². The number of anilines is 1. The maximum absolute atomic E-state index is 13.8. The van der Waals surface area contributed by atoms with E-state index in [1.54, 1.807) is 41.0 Å². The highest BCUT2D eigenvalue weighted by molar-refractivity contribution is 6.08.